The Bertz CT molecular complexity index is 1020. The van der Waals surface area contributed by atoms with E-state index in [1.54, 1.807) is 12.4 Å². The van der Waals surface area contributed by atoms with E-state index in [0.29, 0.717) is 27.3 Å². The summed E-state index contributed by atoms with van der Waals surface area (Å²) in [7, 11) is 0. The van der Waals surface area contributed by atoms with Gasteiger partial charge >= 0.3 is 0 Å². The molecule has 1 aliphatic heterocycles. The Balaban J connectivity index is 1.68. The smallest absolute Gasteiger partial charge is 0.263 e. The number of aromatic amines is 1. The Kier molecular flexibility index (Phi) is 4.34. The van der Waals surface area contributed by atoms with Crippen molar-refractivity contribution in [1.82, 2.24) is 19.9 Å². The summed E-state index contributed by atoms with van der Waals surface area (Å²) in [5, 5.41) is 0. The Hall–Kier alpha value is -2.54. The molecule has 4 rings (SSSR count). The zero-order chi connectivity index (χ0) is 19.2. The zero-order valence-electron chi connectivity index (χ0n) is 15.7. The van der Waals surface area contributed by atoms with Gasteiger partial charge in [0.25, 0.3) is 5.91 Å². The number of rotatable bonds is 3. The van der Waals surface area contributed by atoms with Gasteiger partial charge in [-0.05, 0) is 25.0 Å². The zero-order valence-corrected chi connectivity index (χ0v) is 16.5. The van der Waals surface area contributed by atoms with E-state index in [9.17, 15) is 9.59 Å². The maximum Gasteiger partial charge on any atom is 0.263 e. The lowest BCUT2D eigenvalue weighted by Crippen LogP contribution is -2.26. The third-order valence-corrected chi connectivity index (χ3v) is 5.86. The maximum absolute atomic E-state index is 12.7. The second-order valence-electron chi connectivity index (χ2n) is 7.90. The van der Waals surface area contributed by atoms with Crippen LogP contribution < -0.4 is 0 Å². The molecule has 3 aromatic rings. The van der Waals surface area contributed by atoms with E-state index in [1.165, 1.54) is 11.3 Å². The van der Waals surface area contributed by atoms with Crippen molar-refractivity contribution in [2.24, 2.45) is 5.41 Å². The Morgan fingerprint density at radius 1 is 1.19 bits per heavy atom. The van der Waals surface area contributed by atoms with Crippen LogP contribution in [0.4, 0.5) is 0 Å². The molecule has 0 aromatic carbocycles. The summed E-state index contributed by atoms with van der Waals surface area (Å²) in [5.41, 5.74) is 1.90. The first-order valence-corrected chi connectivity index (χ1v) is 9.94. The lowest BCUT2D eigenvalue weighted by Gasteiger charge is -2.15. The summed E-state index contributed by atoms with van der Waals surface area (Å²) in [4.78, 5) is 40.9. The second kappa shape index (κ2) is 6.56. The van der Waals surface area contributed by atoms with Crippen LogP contribution in [0, 0.1) is 5.41 Å². The van der Waals surface area contributed by atoms with Crippen LogP contribution in [0.5, 0.6) is 0 Å². The number of hydrogen-bond acceptors (Lipinski definition) is 5. The molecular weight excluding hydrogens is 360 g/mol. The number of hydrogen-bond donors (Lipinski definition) is 1. The number of amides is 1. The number of thiophene rings is 1. The van der Waals surface area contributed by atoms with Gasteiger partial charge in [-0.25, -0.2) is 9.97 Å². The van der Waals surface area contributed by atoms with Gasteiger partial charge in [-0.2, -0.15) is 0 Å². The number of H-pyrrole nitrogens is 1. The van der Waals surface area contributed by atoms with Gasteiger partial charge < -0.3 is 9.88 Å². The fraction of sp³-hybridized carbons (Fsp3) is 0.400. The molecule has 1 fully saturated rings. The average molecular weight is 382 g/mol. The fourth-order valence-corrected chi connectivity index (χ4v) is 4.18. The minimum Gasteiger partial charge on any atom is -0.344 e. The molecule has 0 atom stereocenters. The van der Waals surface area contributed by atoms with Crippen molar-refractivity contribution in [3.8, 4) is 10.6 Å². The summed E-state index contributed by atoms with van der Waals surface area (Å²) < 4.78 is 0. The normalized spacial score (nSPS) is 14.9. The van der Waals surface area contributed by atoms with Crippen LogP contribution in [0.2, 0.25) is 0 Å². The van der Waals surface area contributed by atoms with E-state index in [-0.39, 0.29) is 11.7 Å². The molecule has 0 bridgehead atoms. The number of Topliss-reactive ketones (excluding diaryl/α,β-unsaturated/α-hetero) is 1. The molecule has 0 unspecified atom stereocenters. The van der Waals surface area contributed by atoms with E-state index in [0.717, 1.165) is 30.8 Å². The van der Waals surface area contributed by atoms with E-state index in [4.69, 9.17) is 0 Å². The van der Waals surface area contributed by atoms with Gasteiger partial charge in [0.15, 0.2) is 11.4 Å². The molecule has 1 saturated heterocycles. The standard InChI is InChI=1S/C20H22N4O2S/c1-20(2,3)17(25)12-10-21-18-16(12)23-13(11-22-18)14-6-7-15(27-14)19(26)24-8-4-5-9-24/h6-7,10-11H,4-5,8-9H2,1-3H3,(H,21,22). The molecule has 140 valence electrons. The number of aromatic nitrogens is 3. The van der Waals surface area contributed by atoms with Gasteiger partial charge in [0.05, 0.1) is 27.2 Å². The summed E-state index contributed by atoms with van der Waals surface area (Å²) >= 11 is 1.42. The fourth-order valence-electron chi connectivity index (χ4n) is 3.25. The molecule has 0 saturated carbocycles. The predicted octanol–water partition coefficient (Wildman–Crippen LogP) is 4.15. The Morgan fingerprint density at radius 2 is 1.93 bits per heavy atom. The van der Waals surface area contributed by atoms with Gasteiger partial charge in [-0.15, -0.1) is 11.3 Å². The van der Waals surface area contributed by atoms with E-state index < -0.39 is 5.41 Å². The van der Waals surface area contributed by atoms with Crippen molar-refractivity contribution >= 4 is 34.2 Å². The first-order valence-electron chi connectivity index (χ1n) is 9.13. The highest BCUT2D eigenvalue weighted by Gasteiger charge is 2.27. The van der Waals surface area contributed by atoms with E-state index >= 15 is 0 Å². The molecule has 6 nitrogen and oxygen atoms in total. The third kappa shape index (κ3) is 3.27. The predicted molar refractivity (Wildman–Crippen MR) is 106 cm³/mol. The van der Waals surface area contributed by atoms with Crippen molar-refractivity contribution < 1.29 is 9.59 Å². The molecule has 1 aliphatic rings. The van der Waals surface area contributed by atoms with Gasteiger partial charge in [0, 0.05) is 24.7 Å². The van der Waals surface area contributed by atoms with Crippen LogP contribution in [0.15, 0.2) is 24.5 Å². The molecule has 7 heteroatoms. The van der Waals surface area contributed by atoms with Gasteiger partial charge in [-0.1, -0.05) is 20.8 Å². The summed E-state index contributed by atoms with van der Waals surface area (Å²) in [6.45, 7) is 7.34. The molecular formula is C20H22N4O2S. The number of nitrogens with zero attached hydrogens (tertiary/aromatic N) is 3. The summed E-state index contributed by atoms with van der Waals surface area (Å²) in [5.74, 6) is 0.110. The first kappa shape index (κ1) is 17.9. The van der Waals surface area contributed by atoms with Crippen LogP contribution in [0.3, 0.4) is 0 Å². The number of carbonyl (C=O) groups is 2. The molecule has 0 spiro atoms. The molecule has 1 N–H and O–H groups in total. The van der Waals surface area contributed by atoms with Crippen LogP contribution in [0.1, 0.15) is 53.6 Å². The minimum absolute atomic E-state index is 0.0243. The number of likely N-dealkylation sites (tertiary alicyclic amines) is 1. The SMILES string of the molecule is CC(C)(C)C(=O)c1c[nH]c2ncc(-c3ccc(C(=O)N4CCCC4)s3)nc12. The summed E-state index contributed by atoms with van der Waals surface area (Å²) in [6.07, 6.45) is 5.51. The third-order valence-electron chi connectivity index (χ3n) is 4.77. The van der Waals surface area contributed by atoms with Gasteiger partial charge in [0.1, 0.15) is 5.52 Å². The Labute approximate surface area is 161 Å². The molecule has 4 heterocycles. The van der Waals surface area contributed by atoms with Crippen LogP contribution in [-0.2, 0) is 0 Å². The molecule has 27 heavy (non-hydrogen) atoms. The van der Waals surface area contributed by atoms with E-state index in [2.05, 4.69) is 15.0 Å². The van der Waals surface area contributed by atoms with Crippen LogP contribution >= 0.6 is 11.3 Å². The average Bonchev–Trinajstić information content (AvgIpc) is 3.39. The number of carbonyl (C=O) groups excluding carboxylic acids is 2. The van der Waals surface area contributed by atoms with Crippen molar-refractivity contribution in [3.05, 3.63) is 35.0 Å². The molecule has 3 aromatic heterocycles. The number of nitrogens with one attached hydrogen (secondary N) is 1. The highest BCUT2D eigenvalue weighted by Crippen LogP contribution is 2.31. The highest BCUT2D eigenvalue weighted by atomic mass is 32.1. The Morgan fingerprint density at radius 3 is 2.63 bits per heavy atom. The van der Waals surface area contributed by atoms with Crippen LogP contribution in [-0.4, -0.2) is 44.6 Å². The summed E-state index contributed by atoms with van der Waals surface area (Å²) in [6, 6.07) is 3.76. The van der Waals surface area contributed by atoms with E-state index in [1.807, 2.05) is 37.8 Å². The molecule has 0 radical (unpaired) electrons. The molecule has 1 amide bonds. The topological polar surface area (TPSA) is 79.0 Å². The number of ketones is 1. The monoisotopic (exact) mass is 382 g/mol. The van der Waals surface area contributed by atoms with Crippen molar-refractivity contribution in [2.45, 2.75) is 33.6 Å². The van der Waals surface area contributed by atoms with Crippen LogP contribution in [0.25, 0.3) is 21.7 Å². The lowest BCUT2D eigenvalue weighted by molar-refractivity contribution is 0.0797. The van der Waals surface area contributed by atoms with Crippen molar-refractivity contribution in [1.29, 1.82) is 0 Å². The molecule has 0 aliphatic carbocycles. The highest BCUT2D eigenvalue weighted by molar-refractivity contribution is 7.17. The number of fused-ring (bicyclic) bond motifs is 1. The second-order valence-corrected chi connectivity index (χ2v) is 8.98. The van der Waals surface area contributed by atoms with Gasteiger partial charge in [0.2, 0.25) is 0 Å². The van der Waals surface area contributed by atoms with Crippen molar-refractivity contribution in [3.63, 3.8) is 0 Å². The van der Waals surface area contributed by atoms with Crippen molar-refractivity contribution in [2.75, 3.05) is 13.1 Å². The van der Waals surface area contributed by atoms with Gasteiger partial charge in [-0.3, -0.25) is 9.59 Å². The quantitative estimate of drug-likeness (QED) is 0.690. The minimum atomic E-state index is -0.495. The lowest BCUT2D eigenvalue weighted by atomic mass is 9.87. The largest absolute Gasteiger partial charge is 0.344 e. The first-order chi connectivity index (χ1) is 12.8. The maximum atomic E-state index is 12.7.